The van der Waals surface area contributed by atoms with Gasteiger partial charge >= 0.3 is 6.03 Å². The van der Waals surface area contributed by atoms with Crippen molar-refractivity contribution in [3.8, 4) is 0 Å². The fourth-order valence-corrected chi connectivity index (χ4v) is 3.80. The van der Waals surface area contributed by atoms with E-state index in [2.05, 4.69) is 34.3 Å². The van der Waals surface area contributed by atoms with Gasteiger partial charge in [0.15, 0.2) is 0 Å². The van der Waals surface area contributed by atoms with E-state index < -0.39 is 6.10 Å². The first kappa shape index (κ1) is 19.5. The van der Waals surface area contributed by atoms with Gasteiger partial charge < -0.3 is 20.6 Å². The van der Waals surface area contributed by atoms with Crippen LogP contribution in [0.3, 0.4) is 0 Å². The summed E-state index contributed by atoms with van der Waals surface area (Å²) in [7, 11) is 0. The summed E-state index contributed by atoms with van der Waals surface area (Å²) in [5.41, 5.74) is 0. The van der Waals surface area contributed by atoms with Crippen molar-refractivity contribution in [3.05, 3.63) is 0 Å². The van der Waals surface area contributed by atoms with E-state index in [9.17, 15) is 9.90 Å². The molecular weight excluding hydrogens is 304 g/mol. The highest BCUT2D eigenvalue weighted by Crippen LogP contribution is 2.16. The maximum atomic E-state index is 12.0. The minimum absolute atomic E-state index is 0.164. The van der Waals surface area contributed by atoms with Gasteiger partial charge in [-0.15, -0.1) is 0 Å². The van der Waals surface area contributed by atoms with Crippen LogP contribution >= 0.6 is 0 Å². The molecule has 2 fully saturated rings. The van der Waals surface area contributed by atoms with Crippen molar-refractivity contribution < 1.29 is 9.90 Å². The molecule has 0 spiro atoms. The number of hydrogen-bond acceptors (Lipinski definition) is 4. The standard InChI is InChI=1S/C18H36N4O2/c1-3-22-9-5-4-6-16(22)12-19-18(24)20-13-17(23)14-21-10-7-15(2)8-11-21/h15-17,23H,3-14H2,1-2H3,(H2,19,20,24). The number of hydrogen-bond donors (Lipinski definition) is 3. The van der Waals surface area contributed by atoms with E-state index in [0.717, 1.165) is 38.5 Å². The minimum Gasteiger partial charge on any atom is -0.390 e. The number of amides is 2. The quantitative estimate of drug-likeness (QED) is 0.653. The number of β-amino-alcohol motifs (C(OH)–C–C–N with tert-alkyl or cyclic N) is 1. The molecule has 140 valence electrons. The molecule has 2 aliphatic rings. The highest BCUT2D eigenvalue weighted by molar-refractivity contribution is 5.73. The van der Waals surface area contributed by atoms with Gasteiger partial charge in [-0.25, -0.2) is 4.79 Å². The van der Waals surface area contributed by atoms with Crippen LogP contribution in [-0.4, -0.2) is 78.9 Å². The Morgan fingerprint density at radius 2 is 1.92 bits per heavy atom. The van der Waals surface area contributed by atoms with E-state index in [1.165, 1.54) is 25.7 Å². The summed E-state index contributed by atoms with van der Waals surface area (Å²) < 4.78 is 0. The zero-order valence-corrected chi connectivity index (χ0v) is 15.5. The number of rotatable bonds is 7. The second-order valence-corrected chi connectivity index (χ2v) is 7.51. The van der Waals surface area contributed by atoms with Gasteiger partial charge in [0, 0.05) is 25.7 Å². The van der Waals surface area contributed by atoms with Crippen LogP contribution in [0.25, 0.3) is 0 Å². The predicted molar refractivity (Wildman–Crippen MR) is 97.1 cm³/mol. The van der Waals surface area contributed by atoms with E-state index in [1.54, 1.807) is 0 Å². The molecule has 3 N–H and O–H groups in total. The summed E-state index contributed by atoms with van der Waals surface area (Å²) in [6.07, 6.45) is 5.58. The van der Waals surface area contributed by atoms with Gasteiger partial charge in [-0.1, -0.05) is 20.3 Å². The number of nitrogens with zero attached hydrogens (tertiary/aromatic N) is 2. The summed E-state index contributed by atoms with van der Waals surface area (Å²) in [4.78, 5) is 16.7. The largest absolute Gasteiger partial charge is 0.390 e. The second-order valence-electron chi connectivity index (χ2n) is 7.51. The van der Waals surface area contributed by atoms with Crippen LogP contribution in [0.5, 0.6) is 0 Å². The zero-order chi connectivity index (χ0) is 17.4. The van der Waals surface area contributed by atoms with E-state index in [1.807, 2.05) is 0 Å². The normalized spacial score (nSPS) is 25.4. The highest BCUT2D eigenvalue weighted by Gasteiger charge is 2.22. The maximum Gasteiger partial charge on any atom is 0.314 e. The lowest BCUT2D eigenvalue weighted by molar-refractivity contribution is 0.0918. The van der Waals surface area contributed by atoms with Gasteiger partial charge in [-0.05, 0) is 57.8 Å². The molecule has 6 nitrogen and oxygen atoms in total. The van der Waals surface area contributed by atoms with Crippen LogP contribution in [-0.2, 0) is 0 Å². The molecule has 0 saturated carbocycles. The molecule has 0 aliphatic carbocycles. The van der Waals surface area contributed by atoms with Gasteiger partial charge in [0.2, 0.25) is 0 Å². The lowest BCUT2D eigenvalue weighted by atomic mass is 9.99. The van der Waals surface area contributed by atoms with Crippen molar-refractivity contribution in [2.45, 2.75) is 58.1 Å². The lowest BCUT2D eigenvalue weighted by Gasteiger charge is -2.35. The molecule has 2 saturated heterocycles. The number of aliphatic hydroxyl groups excluding tert-OH is 1. The summed E-state index contributed by atoms with van der Waals surface area (Å²) in [6.45, 7) is 10.4. The fraction of sp³-hybridized carbons (Fsp3) is 0.944. The Balaban J connectivity index is 1.58. The summed E-state index contributed by atoms with van der Waals surface area (Å²) in [5.74, 6) is 0.796. The first-order valence-electron chi connectivity index (χ1n) is 9.74. The van der Waals surface area contributed by atoms with Crippen LogP contribution in [0.4, 0.5) is 4.79 Å². The average molecular weight is 341 g/mol. The Kier molecular flexibility index (Phi) is 8.29. The van der Waals surface area contributed by atoms with E-state index >= 15 is 0 Å². The van der Waals surface area contributed by atoms with Gasteiger partial charge in [-0.2, -0.15) is 0 Å². The summed E-state index contributed by atoms with van der Waals surface area (Å²) in [6, 6.07) is 0.290. The number of carbonyl (C=O) groups is 1. The maximum absolute atomic E-state index is 12.0. The summed E-state index contributed by atoms with van der Waals surface area (Å²) in [5, 5.41) is 15.9. The second kappa shape index (κ2) is 10.2. The monoisotopic (exact) mass is 340 g/mol. The van der Waals surface area contributed by atoms with Crippen molar-refractivity contribution >= 4 is 6.03 Å². The van der Waals surface area contributed by atoms with Crippen molar-refractivity contribution in [2.75, 3.05) is 45.8 Å². The number of likely N-dealkylation sites (tertiary alicyclic amines) is 2. The van der Waals surface area contributed by atoms with Crippen LogP contribution < -0.4 is 10.6 Å². The van der Waals surface area contributed by atoms with Gasteiger partial charge in [0.25, 0.3) is 0 Å². The van der Waals surface area contributed by atoms with Crippen LogP contribution in [0.2, 0.25) is 0 Å². The molecule has 6 heteroatoms. The van der Waals surface area contributed by atoms with Crippen LogP contribution in [0, 0.1) is 5.92 Å². The first-order chi connectivity index (χ1) is 11.6. The fourth-order valence-electron chi connectivity index (χ4n) is 3.80. The number of nitrogens with one attached hydrogen (secondary N) is 2. The molecule has 0 aromatic heterocycles. The van der Waals surface area contributed by atoms with E-state index in [0.29, 0.717) is 25.7 Å². The number of likely N-dealkylation sites (N-methyl/N-ethyl adjacent to an activating group) is 1. The van der Waals surface area contributed by atoms with Crippen molar-refractivity contribution in [1.29, 1.82) is 0 Å². The third kappa shape index (κ3) is 6.57. The molecule has 2 amide bonds. The van der Waals surface area contributed by atoms with Crippen molar-refractivity contribution in [2.24, 2.45) is 5.92 Å². The number of urea groups is 1. The molecule has 2 aliphatic heterocycles. The molecule has 0 radical (unpaired) electrons. The predicted octanol–water partition coefficient (Wildman–Crippen LogP) is 1.25. The van der Waals surface area contributed by atoms with E-state index in [-0.39, 0.29) is 6.03 Å². The Morgan fingerprint density at radius 1 is 1.17 bits per heavy atom. The van der Waals surface area contributed by atoms with Crippen molar-refractivity contribution in [1.82, 2.24) is 20.4 Å². The Bertz CT molecular complexity index is 372. The zero-order valence-electron chi connectivity index (χ0n) is 15.5. The molecule has 0 aromatic carbocycles. The number of carbonyl (C=O) groups excluding carboxylic acids is 1. The smallest absolute Gasteiger partial charge is 0.314 e. The third-order valence-electron chi connectivity index (χ3n) is 5.50. The minimum atomic E-state index is -0.494. The average Bonchev–Trinajstić information content (AvgIpc) is 2.60. The molecule has 24 heavy (non-hydrogen) atoms. The molecule has 2 atom stereocenters. The SMILES string of the molecule is CCN1CCCCC1CNC(=O)NCC(O)CN1CCC(C)CC1. The topological polar surface area (TPSA) is 67.8 Å². The molecule has 2 heterocycles. The Hall–Kier alpha value is -0.850. The van der Waals surface area contributed by atoms with Gasteiger partial charge in [0.05, 0.1) is 6.10 Å². The Labute approximate surface area is 147 Å². The first-order valence-corrected chi connectivity index (χ1v) is 9.74. The van der Waals surface area contributed by atoms with Crippen molar-refractivity contribution in [3.63, 3.8) is 0 Å². The molecule has 2 unspecified atom stereocenters. The molecular formula is C18H36N4O2. The third-order valence-corrected chi connectivity index (χ3v) is 5.50. The molecule has 0 bridgehead atoms. The highest BCUT2D eigenvalue weighted by atomic mass is 16.3. The van der Waals surface area contributed by atoms with Gasteiger partial charge in [-0.3, -0.25) is 4.90 Å². The van der Waals surface area contributed by atoms with Crippen LogP contribution in [0.15, 0.2) is 0 Å². The Morgan fingerprint density at radius 3 is 2.62 bits per heavy atom. The van der Waals surface area contributed by atoms with Gasteiger partial charge in [0.1, 0.15) is 0 Å². The van der Waals surface area contributed by atoms with Crippen LogP contribution in [0.1, 0.15) is 46.0 Å². The van der Waals surface area contributed by atoms with E-state index in [4.69, 9.17) is 0 Å². The molecule has 2 rings (SSSR count). The summed E-state index contributed by atoms with van der Waals surface area (Å²) >= 11 is 0. The number of aliphatic hydroxyl groups is 1. The lowest BCUT2D eigenvalue weighted by Crippen LogP contribution is -2.50. The number of piperidine rings is 2. The molecule has 0 aromatic rings.